The third-order valence-electron chi connectivity index (χ3n) is 4.17. The van der Waals surface area contributed by atoms with E-state index in [1.165, 1.54) is 10.4 Å². The van der Waals surface area contributed by atoms with Crippen molar-refractivity contribution >= 4 is 15.9 Å². The van der Waals surface area contributed by atoms with E-state index in [1.54, 1.807) is 18.2 Å². The van der Waals surface area contributed by atoms with Gasteiger partial charge in [-0.1, -0.05) is 19.4 Å². The first-order valence-electron chi connectivity index (χ1n) is 8.57. The van der Waals surface area contributed by atoms with Gasteiger partial charge in [0.25, 0.3) is 5.91 Å². The van der Waals surface area contributed by atoms with Crippen LogP contribution in [0.5, 0.6) is 0 Å². The fourth-order valence-electron chi connectivity index (χ4n) is 2.82. The molecule has 1 aromatic rings. The summed E-state index contributed by atoms with van der Waals surface area (Å²) in [7, 11) is -3.52. The van der Waals surface area contributed by atoms with Crippen LogP contribution in [-0.2, 0) is 10.0 Å². The first-order valence-corrected chi connectivity index (χ1v) is 10.0. The van der Waals surface area contributed by atoms with Crippen molar-refractivity contribution in [2.75, 3.05) is 26.2 Å². The van der Waals surface area contributed by atoms with Crippen molar-refractivity contribution in [1.82, 2.24) is 14.9 Å². The van der Waals surface area contributed by atoms with Gasteiger partial charge in [-0.3, -0.25) is 4.79 Å². The van der Waals surface area contributed by atoms with Crippen LogP contribution in [-0.4, -0.2) is 50.9 Å². The molecule has 6 nitrogen and oxygen atoms in total. The Bertz CT molecular complexity index is 655. The maximum Gasteiger partial charge on any atom is 0.251 e. The molecule has 1 heterocycles. The number of likely N-dealkylation sites (N-methyl/N-ethyl adjacent to an activating group) is 1. The van der Waals surface area contributed by atoms with Crippen LogP contribution in [0, 0.1) is 0 Å². The molecule has 134 valence electrons. The number of hydrogen-bond donors (Lipinski definition) is 2. The van der Waals surface area contributed by atoms with Gasteiger partial charge in [-0.2, -0.15) is 4.31 Å². The molecule has 0 unspecified atom stereocenters. The highest BCUT2D eigenvalue weighted by atomic mass is 32.2. The van der Waals surface area contributed by atoms with Crippen molar-refractivity contribution < 1.29 is 13.2 Å². The second kappa shape index (κ2) is 8.60. The third-order valence-corrected chi connectivity index (χ3v) is 6.07. The summed E-state index contributed by atoms with van der Waals surface area (Å²) in [5, 5.41) is 6.05. The Morgan fingerprint density at radius 1 is 1.25 bits per heavy atom. The predicted molar refractivity (Wildman–Crippen MR) is 94.5 cm³/mol. The molecule has 1 aliphatic rings. The molecule has 0 spiro atoms. The molecule has 1 atom stereocenters. The number of rotatable bonds is 7. The standard InChI is InChI=1S/C17H27N3O3S/c1-3-18-14(2)13-19-17(21)15-8-7-9-16(12-15)24(22,23)20-10-5-4-6-11-20/h7-9,12,14,18H,3-6,10-11,13H2,1-2H3,(H,19,21)/t14-/m1/s1. The molecule has 2 N–H and O–H groups in total. The molecule has 0 bridgehead atoms. The van der Waals surface area contributed by atoms with Crippen molar-refractivity contribution in [2.24, 2.45) is 0 Å². The second-order valence-corrected chi connectivity index (χ2v) is 8.10. The minimum Gasteiger partial charge on any atom is -0.350 e. The lowest BCUT2D eigenvalue weighted by Gasteiger charge is -2.26. The number of piperidine rings is 1. The lowest BCUT2D eigenvalue weighted by Crippen LogP contribution is -2.39. The summed E-state index contributed by atoms with van der Waals surface area (Å²) in [4.78, 5) is 12.5. The van der Waals surface area contributed by atoms with Crippen LogP contribution >= 0.6 is 0 Å². The quantitative estimate of drug-likeness (QED) is 0.780. The average molecular weight is 353 g/mol. The van der Waals surface area contributed by atoms with E-state index < -0.39 is 10.0 Å². The Balaban J connectivity index is 2.09. The molecule has 24 heavy (non-hydrogen) atoms. The summed E-state index contributed by atoms with van der Waals surface area (Å²) < 4.78 is 26.9. The molecule has 1 fully saturated rings. The topological polar surface area (TPSA) is 78.5 Å². The van der Waals surface area contributed by atoms with E-state index in [1.807, 2.05) is 13.8 Å². The number of nitrogens with one attached hydrogen (secondary N) is 2. The Morgan fingerprint density at radius 2 is 1.96 bits per heavy atom. The van der Waals surface area contributed by atoms with Gasteiger partial charge in [-0.05, 0) is 44.5 Å². The largest absolute Gasteiger partial charge is 0.350 e. The average Bonchev–Trinajstić information content (AvgIpc) is 2.61. The summed E-state index contributed by atoms with van der Waals surface area (Å²) in [6.07, 6.45) is 2.85. The van der Waals surface area contributed by atoms with Crippen LogP contribution in [0.3, 0.4) is 0 Å². The number of hydrogen-bond acceptors (Lipinski definition) is 4. The molecular formula is C17H27N3O3S. The lowest BCUT2D eigenvalue weighted by molar-refractivity contribution is 0.0950. The fourth-order valence-corrected chi connectivity index (χ4v) is 4.38. The van der Waals surface area contributed by atoms with E-state index in [-0.39, 0.29) is 16.8 Å². The van der Waals surface area contributed by atoms with Crippen molar-refractivity contribution in [3.8, 4) is 0 Å². The van der Waals surface area contributed by atoms with Gasteiger partial charge in [0, 0.05) is 31.2 Å². The molecule has 1 aromatic carbocycles. The Hall–Kier alpha value is -1.44. The van der Waals surface area contributed by atoms with Gasteiger partial charge in [-0.15, -0.1) is 0 Å². The van der Waals surface area contributed by atoms with E-state index in [2.05, 4.69) is 10.6 Å². The maximum absolute atomic E-state index is 12.7. The van der Waals surface area contributed by atoms with Crippen molar-refractivity contribution in [2.45, 2.75) is 44.0 Å². The van der Waals surface area contributed by atoms with Gasteiger partial charge in [-0.25, -0.2) is 8.42 Å². The Morgan fingerprint density at radius 3 is 2.62 bits per heavy atom. The lowest BCUT2D eigenvalue weighted by atomic mass is 10.2. The number of sulfonamides is 1. The van der Waals surface area contributed by atoms with Gasteiger partial charge in [0.15, 0.2) is 0 Å². The van der Waals surface area contributed by atoms with Crippen molar-refractivity contribution in [3.05, 3.63) is 29.8 Å². The normalized spacial score (nSPS) is 17.4. The van der Waals surface area contributed by atoms with Crippen LogP contribution in [0.25, 0.3) is 0 Å². The maximum atomic E-state index is 12.7. The van der Waals surface area contributed by atoms with Crippen LogP contribution < -0.4 is 10.6 Å². The highest BCUT2D eigenvalue weighted by Gasteiger charge is 2.26. The molecule has 1 saturated heterocycles. The van der Waals surface area contributed by atoms with Gasteiger partial charge in [0.2, 0.25) is 10.0 Å². The summed E-state index contributed by atoms with van der Waals surface area (Å²) in [6.45, 7) is 6.43. The van der Waals surface area contributed by atoms with E-state index in [9.17, 15) is 13.2 Å². The van der Waals surface area contributed by atoms with Crippen LogP contribution in [0.15, 0.2) is 29.2 Å². The highest BCUT2D eigenvalue weighted by molar-refractivity contribution is 7.89. The molecule has 7 heteroatoms. The summed E-state index contributed by atoms with van der Waals surface area (Å²) in [5.41, 5.74) is 0.372. The first-order chi connectivity index (χ1) is 11.4. The van der Waals surface area contributed by atoms with Crippen molar-refractivity contribution in [3.63, 3.8) is 0 Å². The zero-order valence-electron chi connectivity index (χ0n) is 14.4. The van der Waals surface area contributed by atoms with Gasteiger partial charge in [0.1, 0.15) is 0 Å². The zero-order valence-corrected chi connectivity index (χ0v) is 15.2. The summed E-state index contributed by atoms with van der Waals surface area (Å²) >= 11 is 0. The second-order valence-electron chi connectivity index (χ2n) is 6.16. The SMILES string of the molecule is CCN[C@H](C)CNC(=O)c1cccc(S(=O)(=O)N2CCCCC2)c1. The van der Waals surface area contributed by atoms with Crippen molar-refractivity contribution in [1.29, 1.82) is 0 Å². The summed E-state index contributed by atoms with van der Waals surface area (Å²) in [5.74, 6) is -0.254. The molecular weight excluding hydrogens is 326 g/mol. The highest BCUT2D eigenvalue weighted by Crippen LogP contribution is 2.21. The number of carbonyl (C=O) groups excluding carboxylic acids is 1. The molecule has 0 aliphatic carbocycles. The molecule has 1 amide bonds. The van der Waals surface area contributed by atoms with Crippen LogP contribution in [0.1, 0.15) is 43.5 Å². The monoisotopic (exact) mass is 353 g/mol. The zero-order chi connectivity index (χ0) is 17.6. The van der Waals surface area contributed by atoms with E-state index in [4.69, 9.17) is 0 Å². The molecule has 1 aliphatic heterocycles. The Kier molecular flexibility index (Phi) is 6.77. The molecule has 2 rings (SSSR count). The smallest absolute Gasteiger partial charge is 0.251 e. The van der Waals surface area contributed by atoms with Crippen LogP contribution in [0.4, 0.5) is 0 Å². The van der Waals surface area contributed by atoms with Gasteiger partial charge >= 0.3 is 0 Å². The molecule has 0 aromatic heterocycles. The molecule has 0 saturated carbocycles. The van der Waals surface area contributed by atoms with Gasteiger partial charge < -0.3 is 10.6 Å². The number of amides is 1. The first kappa shape index (κ1) is 18.9. The number of carbonyl (C=O) groups is 1. The van der Waals surface area contributed by atoms with E-state index in [0.717, 1.165) is 25.8 Å². The number of nitrogens with zero attached hydrogens (tertiary/aromatic N) is 1. The third kappa shape index (κ3) is 4.78. The minimum atomic E-state index is -3.52. The number of benzene rings is 1. The predicted octanol–water partition coefficient (Wildman–Crippen LogP) is 1.59. The fraction of sp³-hybridized carbons (Fsp3) is 0.588. The van der Waals surface area contributed by atoms with E-state index >= 15 is 0 Å². The summed E-state index contributed by atoms with van der Waals surface area (Å²) in [6, 6.07) is 6.46. The minimum absolute atomic E-state index is 0.166. The van der Waals surface area contributed by atoms with Gasteiger partial charge in [0.05, 0.1) is 4.90 Å². The van der Waals surface area contributed by atoms with E-state index in [0.29, 0.717) is 25.2 Å². The van der Waals surface area contributed by atoms with Crippen LogP contribution in [0.2, 0.25) is 0 Å². The Labute approximate surface area is 144 Å². The molecule has 0 radical (unpaired) electrons.